The summed E-state index contributed by atoms with van der Waals surface area (Å²) in [5, 5.41) is 5.31. The number of thiazole rings is 1. The highest BCUT2D eigenvalue weighted by molar-refractivity contribution is 7.13. The van der Waals surface area contributed by atoms with Gasteiger partial charge < -0.3 is 5.32 Å². The molecule has 1 aromatic carbocycles. The zero-order valence-corrected chi connectivity index (χ0v) is 15.7. The predicted molar refractivity (Wildman–Crippen MR) is 101 cm³/mol. The molecule has 0 aliphatic rings. The molecule has 0 saturated carbocycles. The maximum Gasteiger partial charge on any atom is 0.329 e. The zero-order valence-electron chi connectivity index (χ0n) is 14.9. The van der Waals surface area contributed by atoms with Gasteiger partial charge in [-0.15, -0.1) is 11.3 Å². The van der Waals surface area contributed by atoms with Crippen molar-refractivity contribution in [3.05, 3.63) is 45.8 Å². The Morgan fingerprint density at radius 1 is 1.20 bits per heavy atom. The molecule has 0 spiro atoms. The summed E-state index contributed by atoms with van der Waals surface area (Å²) >= 11 is 1.40. The molecular weight excluding hydrogens is 336 g/mol. The molecule has 1 N–H and O–H groups in total. The molecule has 0 radical (unpaired) electrons. The van der Waals surface area contributed by atoms with Gasteiger partial charge in [-0.05, 0) is 19.1 Å². The standard InChI is InChI=1S/C18H22N4O2S/c1-5-21-12-8-6-7-9-13(12)22(17(21)24)10-15(23)20-16-19-14(11-25-16)18(2,3)4/h6-9,11H,5,10H2,1-4H3,(H,19,20,23). The van der Waals surface area contributed by atoms with Crippen molar-refractivity contribution in [2.45, 2.75) is 46.2 Å². The van der Waals surface area contributed by atoms with E-state index in [0.717, 1.165) is 16.7 Å². The third-order valence-corrected chi connectivity index (χ3v) is 4.82. The van der Waals surface area contributed by atoms with Gasteiger partial charge in [0.2, 0.25) is 5.91 Å². The fraction of sp³-hybridized carbons (Fsp3) is 0.389. The van der Waals surface area contributed by atoms with Crippen LogP contribution >= 0.6 is 11.3 Å². The van der Waals surface area contributed by atoms with Gasteiger partial charge >= 0.3 is 5.69 Å². The summed E-state index contributed by atoms with van der Waals surface area (Å²) in [6, 6.07) is 7.51. The summed E-state index contributed by atoms with van der Waals surface area (Å²) in [4.78, 5) is 29.5. The van der Waals surface area contributed by atoms with Crippen LogP contribution in [0.5, 0.6) is 0 Å². The molecule has 6 nitrogen and oxygen atoms in total. The number of carbonyl (C=O) groups excluding carboxylic acids is 1. The van der Waals surface area contributed by atoms with Crippen molar-refractivity contribution < 1.29 is 4.79 Å². The molecule has 0 atom stereocenters. The van der Waals surface area contributed by atoms with Crippen LogP contribution in [0.2, 0.25) is 0 Å². The van der Waals surface area contributed by atoms with Gasteiger partial charge in [-0.1, -0.05) is 32.9 Å². The van der Waals surface area contributed by atoms with Crippen LogP contribution in [0.25, 0.3) is 11.0 Å². The van der Waals surface area contributed by atoms with Crippen molar-refractivity contribution in [2.24, 2.45) is 0 Å². The van der Waals surface area contributed by atoms with E-state index in [2.05, 4.69) is 31.1 Å². The van der Waals surface area contributed by atoms with Crippen molar-refractivity contribution >= 4 is 33.4 Å². The number of fused-ring (bicyclic) bond motifs is 1. The third-order valence-electron chi connectivity index (χ3n) is 4.06. The first-order chi connectivity index (χ1) is 11.8. The molecule has 0 aliphatic heterocycles. The highest BCUT2D eigenvalue weighted by atomic mass is 32.1. The Morgan fingerprint density at radius 2 is 1.84 bits per heavy atom. The number of rotatable bonds is 4. The van der Waals surface area contributed by atoms with Crippen LogP contribution < -0.4 is 11.0 Å². The summed E-state index contributed by atoms with van der Waals surface area (Å²) < 4.78 is 3.18. The lowest BCUT2D eigenvalue weighted by Gasteiger charge is -2.14. The summed E-state index contributed by atoms with van der Waals surface area (Å²) in [6.07, 6.45) is 0. The fourth-order valence-corrected chi connectivity index (χ4v) is 3.66. The number of nitrogens with one attached hydrogen (secondary N) is 1. The lowest BCUT2D eigenvalue weighted by molar-refractivity contribution is -0.116. The van der Waals surface area contributed by atoms with Crippen LogP contribution in [0.4, 0.5) is 5.13 Å². The van der Waals surface area contributed by atoms with Gasteiger partial charge in [-0.3, -0.25) is 13.9 Å². The van der Waals surface area contributed by atoms with E-state index < -0.39 is 0 Å². The van der Waals surface area contributed by atoms with Gasteiger partial charge in [0.05, 0.1) is 16.7 Å². The number of nitrogens with zero attached hydrogens (tertiary/aromatic N) is 3. The highest BCUT2D eigenvalue weighted by Gasteiger charge is 2.19. The second-order valence-corrected chi connectivity index (χ2v) is 7.80. The van der Waals surface area contributed by atoms with Crippen LogP contribution in [0.3, 0.4) is 0 Å². The van der Waals surface area contributed by atoms with Crippen molar-refractivity contribution in [3.63, 3.8) is 0 Å². The molecule has 25 heavy (non-hydrogen) atoms. The predicted octanol–water partition coefficient (Wildman–Crippen LogP) is 3.22. The third kappa shape index (κ3) is 3.37. The van der Waals surface area contributed by atoms with Crippen LogP contribution in [0.15, 0.2) is 34.4 Å². The lowest BCUT2D eigenvalue weighted by atomic mass is 9.93. The maximum atomic E-state index is 12.6. The number of anilines is 1. The number of aromatic nitrogens is 3. The van der Waals surface area contributed by atoms with Gasteiger partial charge in [0.15, 0.2) is 5.13 Å². The normalized spacial score (nSPS) is 11.8. The van der Waals surface area contributed by atoms with E-state index in [1.807, 2.05) is 36.6 Å². The highest BCUT2D eigenvalue weighted by Crippen LogP contribution is 2.26. The number of aryl methyl sites for hydroxylation is 1. The van der Waals surface area contributed by atoms with Crippen LogP contribution in [-0.2, 0) is 23.3 Å². The van der Waals surface area contributed by atoms with Crippen LogP contribution in [0, 0.1) is 0 Å². The van der Waals surface area contributed by atoms with E-state index in [-0.39, 0.29) is 23.6 Å². The summed E-state index contributed by atoms with van der Waals surface area (Å²) in [5.74, 6) is -0.254. The Labute approximate surface area is 150 Å². The molecule has 0 unspecified atom stereocenters. The summed E-state index contributed by atoms with van der Waals surface area (Å²) in [7, 11) is 0. The first-order valence-electron chi connectivity index (χ1n) is 8.25. The SMILES string of the molecule is CCn1c(=O)n(CC(=O)Nc2nc(C(C)(C)C)cs2)c2ccccc21. The molecule has 0 saturated heterocycles. The van der Waals surface area contributed by atoms with Gasteiger partial charge in [-0.25, -0.2) is 9.78 Å². The molecular formula is C18H22N4O2S. The second-order valence-electron chi connectivity index (χ2n) is 6.94. The Balaban J connectivity index is 1.84. The number of hydrogen-bond donors (Lipinski definition) is 1. The van der Waals surface area contributed by atoms with Gasteiger partial charge in [0, 0.05) is 17.3 Å². The minimum absolute atomic E-state index is 0.0310. The second kappa shape index (κ2) is 6.48. The Bertz CT molecular complexity index is 975. The first kappa shape index (κ1) is 17.4. The Hall–Kier alpha value is -2.41. The van der Waals surface area contributed by atoms with Crippen molar-refractivity contribution in [2.75, 3.05) is 5.32 Å². The molecule has 132 valence electrons. The summed E-state index contributed by atoms with van der Waals surface area (Å²) in [5.41, 5.74) is 2.30. The lowest BCUT2D eigenvalue weighted by Crippen LogP contribution is -2.29. The van der Waals surface area contributed by atoms with Crippen LogP contribution in [0.1, 0.15) is 33.4 Å². The van der Waals surface area contributed by atoms with E-state index >= 15 is 0 Å². The molecule has 2 heterocycles. The monoisotopic (exact) mass is 358 g/mol. The fourth-order valence-electron chi connectivity index (χ4n) is 2.71. The van der Waals surface area contributed by atoms with Crippen molar-refractivity contribution in [3.8, 4) is 0 Å². The Morgan fingerprint density at radius 3 is 2.40 bits per heavy atom. The molecule has 1 amide bonds. The van der Waals surface area contributed by atoms with E-state index in [0.29, 0.717) is 11.7 Å². The Kier molecular flexibility index (Phi) is 4.51. The molecule has 3 rings (SSSR count). The average molecular weight is 358 g/mol. The van der Waals surface area contributed by atoms with Gasteiger partial charge in [-0.2, -0.15) is 0 Å². The molecule has 0 bridgehead atoms. The average Bonchev–Trinajstić information content (AvgIpc) is 3.11. The number of benzene rings is 1. The smallest absolute Gasteiger partial charge is 0.300 e. The number of carbonyl (C=O) groups is 1. The maximum absolute atomic E-state index is 12.6. The van der Waals surface area contributed by atoms with Crippen molar-refractivity contribution in [1.29, 1.82) is 0 Å². The quantitative estimate of drug-likeness (QED) is 0.778. The molecule has 3 aromatic rings. The number of para-hydroxylation sites is 2. The molecule has 7 heteroatoms. The van der Waals surface area contributed by atoms with E-state index in [1.165, 1.54) is 15.9 Å². The number of amides is 1. The van der Waals surface area contributed by atoms with Gasteiger partial charge in [0.25, 0.3) is 0 Å². The minimum Gasteiger partial charge on any atom is -0.300 e. The molecule has 2 aromatic heterocycles. The molecule has 0 aliphatic carbocycles. The largest absolute Gasteiger partial charge is 0.329 e. The molecule has 0 fully saturated rings. The van der Waals surface area contributed by atoms with Gasteiger partial charge in [0.1, 0.15) is 6.54 Å². The number of hydrogen-bond acceptors (Lipinski definition) is 4. The minimum atomic E-state index is -0.254. The first-order valence-corrected chi connectivity index (χ1v) is 9.13. The topological polar surface area (TPSA) is 68.9 Å². The van der Waals surface area contributed by atoms with Crippen LogP contribution in [-0.4, -0.2) is 20.0 Å². The van der Waals surface area contributed by atoms with E-state index in [4.69, 9.17) is 0 Å². The number of imidazole rings is 1. The summed E-state index contributed by atoms with van der Waals surface area (Å²) in [6.45, 7) is 8.68. The van der Waals surface area contributed by atoms with Crippen molar-refractivity contribution in [1.82, 2.24) is 14.1 Å². The van der Waals surface area contributed by atoms with E-state index in [1.54, 1.807) is 4.57 Å². The zero-order chi connectivity index (χ0) is 18.2. The van der Waals surface area contributed by atoms with E-state index in [9.17, 15) is 9.59 Å².